The van der Waals surface area contributed by atoms with Gasteiger partial charge in [0.2, 0.25) is 0 Å². The third-order valence-electron chi connectivity index (χ3n) is 5.71. The van der Waals surface area contributed by atoms with E-state index in [1.165, 1.54) is 5.56 Å². The molecule has 6 nitrogen and oxygen atoms in total. The minimum Gasteiger partial charge on any atom is -0.493 e. The summed E-state index contributed by atoms with van der Waals surface area (Å²) in [7, 11) is 6.57. The van der Waals surface area contributed by atoms with Gasteiger partial charge in [0.05, 0.1) is 54.4 Å². The molecule has 1 aliphatic heterocycles. The summed E-state index contributed by atoms with van der Waals surface area (Å²) < 4.78 is 33.9. The fraction of sp³-hybridized carbons (Fsp3) is 0.440. The molecule has 0 bridgehead atoms. The van der Waals surface area contributed by atoms with Gasteiger partial charge in [-0.25, -0.2) is 0 Å². The summed E-state index contributed by atoms with van der Waals surface area (Å²) in [5.41, 5.74) is 2.23. The number of ether oxygens (including phenoxy) is 6. The second-order valence-corrected chi connectivity index (χ2v) is 7.51. The van der Waals surface area contributed by atoms with Crippen molar-refractivity contribution in [2.45, 2.75) is 12.5 Å². The van der Waals surface area contributed by atoms with Crippen molar-refractivity contribution in [1.29, 1.82) is 0 Å². The molecule has 1 saturated heterocycles. The summed E-state index contributed by atoms with van der Waals surface area (Å²) in [5, 5.41) is 0. The quantitative estimate of drug-likeness (QED) is 0.389. The molecule has 2 aromatic carbocycles. The topological polar surface area (TPSA) is 55.4 Å². The molecular formula is C25H32O6. The normalized spacial score (nSPS) is 20.3. The zero-order valence-electron chi connectivity index (χ0n) is 18.8. The molecule has 1 heterocycles. The van der Waals surface area contributed by atoms with Crippen LogP contribution in [0.15, 0.2) is 49.1 Å². The van der Waals surface area contributed by atoms with Crippen LogP contribution >= 0.6 is 0 Å². The third kappa shape index (κ3) is 5.32. The molecule has 0 unspecified atom stereocenters. The lowest BCUT2D eigenvalue weighted by Gasteiger charge is -2.24. The molecule has 6 heteroatoms. The summed E-state index contributed by atoms with van der Waals surface area (Å²) in [4.78, 5) is 0. The SMILES string of the molecule is C=CCOC[C@H]1[C@@H](Cc2ccc(OC)c(OC)c2)CO[C@@H]1c1ccc(OC)c(OC)c1. The van der Waals surface area contributed by atoms with Gasteiger partial charge in [-0.1, -0.05) is 18.2 Å². The van der Waals surface area contributed by atoms with E-state index in [4.69, 9.17) is 28.4 Å². The van der Waals surface area contributed by atoms with Gasteiger partial charge in [-0.05, 0) is 47.7 Å². The molecule has 168 valence electrons. The Bertz CT molecular complexity index is 865. The number of hydrogen-bond donors (Lipinski definition) is 0. The van der Waals surface area contributed by atoms with Crippen molar-refractivity contribution < 1.29 is 28.4 Å². The maximum atomic E-state index is 6.28. The van der Waals surface area contributed by atoms with Gasteiger partial charge in [0.15, 0.2) is 23.0 Å². The highest BCUT2D eigenvalue weighted by molar-refractivity contribution is 5.44. The average molecular weight is 429 g/mol. The van der Waals surface area contributed by atoms with Gasteiger partial charge in [-0.15, -0.1) is 6.58 Å². The van der Waals surface area contributed by atoms with E-state index in [0.717, 1.165) is 23.5 Å². The van der Waals surface area contributed by atoms with Gasteiger partial charge in [-0.3, -0.25) is 0 Å². The first-order valence-electron chi connectivity index (χ1n) is 10.4. The molecule has 3 rings (SSSR count). The highest BCUT2D eigenvalue weighted by atomic mass is 16.5. The van der Waals surface area contributed by atoms with Crippen LogP contribution in [0.1, 0.15) is 17.2 Å². The maximum absolute atomic E-state index is 6.28. The van der Waals surface area contributed by atoms with Crippen LogP contribution in [0.3, 0.4) is 0 Å². The van der Waals surface area contributed by atoms with Crippen LogP contribution in [0.2, 0.25) is 0 Å². The summed E-state index contributed by atoms with van der Waals surface area (Å²) >= 11 is 0. The van der Waals surface area contributed by atoms with Crippen molar-refractivity contribution >= 4 is 0 Å². The molecule has 0 amide bonds. The Morgan fingerprint density at radius 1 is 0.903 bits per heavy atom. The molecule has 1 fully saturated rings. The Morgan fingerprint density at radius 3 is 2.19 bits per heavy atom. The van der Waals surface area contributed by atoms with Crippen LogP contribution in [0.25, 0.3) is 0 Å². The van der Waals surface area contributed by atoms with E-state index >= 15 is 0 Å². The van der Waals surface area contributed by atoms with Crippen molar-refractivity contribution in [3.05, 3.63) is 60.2 Å². The number of methoxy groups -OCH3 is 4. The predicted octanol–water partition coefficient (Wildman–Crippen LogP) is 4.47. The molecule has 3 atom stereocenters. The molecule has 0 N–H and O–H groups in total. The van der Waals surface area contributed by atoms with E-state index in [1.54, 1.807) is 34.5 Å². The molecule has 0 aromatic heterocycles. The lowest BCUT2D eigenvalue weighted by Crippen LogP contribution is -2.23. The van der Waals surface area contributed by atoms with Crippen LogP contribution in [-0.2, 0) is 15.9 Å². The first-order chi connectivity index (χ1) is 15.1. The van der Waals surface area contributed by atoms with Crippen molar-refractivity contribution in [1.82, 2.24) is 0 Å². The van der Waals surface area contributed by atoms with Crippen molar-refractivity contribution in [2.24, 2.45) is 11.8 Å². The molecule has 1 aliphatic rings. The second-order valence-electron chi connectivity index (χ2n) is 7.51. The zero-order chi connectivity index (χ0) is 22.2. The van der Waals surface area contributed by atoms with Crippen LogP contribution in [0, 0.1) is 11.8 Å². The fourth-order valence-electron chi connectivity index (χ4n) is 4.13. The summed E-state index contributed by atoms with van der Waals surface area (Å²) in [6.45, 7) is 5.50. The van der Waals surface area contributed by atoms with E-state index < -0.39 is 0 Å². The molecule has 0 aliphatic carbocycles. The fourth-order valence-corrected chi connectivity index (χ4v) is 4.13. The first-order valence-corrected chi connectivity index (χ1v) is 10.4. The van der Waals surface area contributed by atoms with Crippen molar-refractivity contribution in [3.8, 4) is 23.0 Å². The molecule has 0 saturated carbocycles. The largest absolute Gasteiger partial charge is 0.493 e. The van der Waals surface area contributed by atoms with Crippen LogP contribution < -0.4 is 18.9 Å². The highest BCUT2D eigenvalue weighted by Gasteiger charge is 2.38. The Labute approximate surface area is 184 Å². The lowest BCUT2D eigenvalue weighted by molar-refractivity contribution is 0.0490. The highest BCUT2D eigenvalue weighted by Crippen LogP contribution is 2.43. The van der Waals surface area contributed by atoms with Crippen LogP contribution in [-0.4, -0.2) is 48.3 Å². The van der Waals surface area contributed by atoms with Gasteiger partial charge in [0.1, 0.15) is 0 Å². The van der Waals surface area contributed by atoms with Crippen molar-refractivity contribution in [3.63, 3.8) is 0 Å². The minimum absolute atomic E-state index is 0.0882. The standard InChI is InChI=1S/C25H32O6/c1-6-11-30-16-20-19(12-17-7-9-21(26-2)23(13-17)28-4)15-31-25(20)18-8-10-22(27-3)24(14-18)29-5/h6-10,13-14,19-20,25H,1,11-12,15-16H2,2-5H3/t19-,20-,25+/m0/s1. The van der Waals surface area contributed by atoms with E-state index in [9.17, 15) is 0 Å². The molecule has 31 heavy (non-hydrogen) atoms. The van der Waals surface area contributed by atoms with E-state index in [2.05, 4.69) is 12.6 Å². The molecule has 0 radical (unpaired) electrons. The molecule has 2 aromatic rings. The van der Waals surface area contributed by atoms with Gasteiger partial charge in [0.25, 0.3) is 0 Å². The summed E-state index contributed by atoms with van der Waals surface area (Å²) in [6.07, 6.45) is 2.53. The Morgan fingerprint density at radius 2 is 1.55 bits per heavy atom. The monoisotopic (exact) mass is 428 g/mol. The number of rotatable bonds is 11. The van der Waals surface area contributed by atoms with Crippen molar-refractivity contribution in [2.75, 3.05) is 48.3 Å². The van der Waals surface area contributed by atoms with E-state index in [1.807, 2.05) is 30.3 Å². The first kappa shape index (κ1) is 23.0. The lowest BCUT2D eigenvalue weighted by atomic mass is 9.84. The predicted molar refractivity (Wildman–Crippen MR) is 119 cm³/mol. The van der Waals surface area contributed by atoms with Crippen LogP contribution in [0.4, 0.5) is 0 Å². The maximum Gasteiger partial charge on any atom is 0.161 e. The van der Waals surface area contributed by atoms with E-state index in [-0.39, 0.29) is 12.0 Å². The smallest absolute Gasteiger partial charge is 0.161 e. The number of hydrogen-bond acceptors (Lipinski definition) is 6. The van der Waals surface area contributed by atoms with Crippen LogP contribution in [0.5, 0.6) is 23.0 Å². The van der Waals surface area contributed by atoms with Gasteiger partial charge >= 0.3 is 0 Å². The van der Waals surface area contributed by atoms with Gasteiger partial charge in [0, 0.05) is 5.92 Å². The minimum atomic E-state index is -0.0882. The van der Waals surface area contributed by atoms with E-state index in [0.29, 0.717) is 37.2 Å². The second kappa shape index (κ2) is 11.1. The zero-order valence-corrected chi connectivity index (χ0v) is 18.8. The molecular weight excluding hydrogens is 396 g/mol. The Kier molecular flexibility index (Phi) is 8.20. The average Bonchev–Trinajstić information content (AvgIpc) is 3.20. The summed E-state index contributed by atoms with van der Waals surface area (Å²) in [5.74, 6) is 3.33. The van der Waals surface area contributed by atoms with Gasteiger partial charge in [-0.2, -0.15) is 0 Å². The molecule has 0 spiro atoms. The summed E-state index contributed by atoms with van der Waals surface area (Å²) in [6, 6.07) is 12.0. The Hall–Kier alpha value is -2.70. The Balaban J connectivity index is 1.83. The number of benzene rings is 2. The third-order valence-corrected chi connectivity index (χ3v) is 5.71. The van der Waals surface area contributed by atoms with Gasteiger partial charge < -0.3 is 28.4 Å².